The summed E-state index contributed by atoms with van der Waals surface area (Å²) in [5, 5.41) is 0.545. The first kappa shape index (κ1) is 12.1. The van der Waals surface area contributed by atoms with Crippen molar-refractivity contribution in [2.75, 3.05) is 29.5 Å². The molecular formula is C12H17N3OS. The standard InChI is InChI=1S/C12H17N3OS/c1-8-7-15(5-6-17-8)11-9(12(14)16)3-2-4-10(11)13/h2-4,8H,5-7,13H2,1H3,(H2,14,16). The molecule has 17 heavy (non-hydrogen) atoms. The maximum absolute atomic E-state index is 11.4. The van der Waals surface area contributed by atoms with Gasteiger partial charge >= 0.3 is 0 Å². The molecule has 5 heteroatoms. The van der Waals surface area contributed by atoms with Gasteiger partial charge < -0.3 is 16.4 Å². The van der Waals surface area contributed by atoms with Crippen molar-refractivity contribution in [3.05, 3.63) is 23.8 Å². The molecular weight excluding hydrogens is 234 g/mol. The Balaban J connectivity index is 2.39. The second-order valence-electron chi connectivity index (χ2n) is 4.24. The number of carbonyl (C=O) groups is 1. The zero-order valence-electron chi connectivity index (χ0n) is 9.85. The number of nitrogen functional groups attached to an aromatic ring is 1. The monoisotopic (exact) mass is 251 g/mol. The molecule has 1 saturated heterocycles. The third-order valence-electron chi connectivity index (χ3n) is 2.89. The fourth-order valence-electron chi connectivity index (χ4n) is 2.13. The maximum atomic E-state index is 11.4. The number of thioether (sulfide) groups is 1. The predicted molar refractivity (Wildman–Crippen MR) is 73.5 cm³/mol. The van der Waals surface area contributed by atoms with Crippen molar-refractivity contribution in [1.82, 2.24) is 0 Å². The molecule has 0 aliphatic carbocycles. The molecule has 1 unspecified atom stereocenters. The summed E-state index contributed by atoms with van der Waals surface area (Å²) in [6.07, 6.45) is 0. The number of rotatable bonds is 2. The van der Waals surface area contributed by atoms with E-state index in [1.54, 1.807) is 12.1 Å². The van der Waals surface area contributed by atoms with Gasteiger partial charge in [0.1, 0.15) is 0 Å². The summed E-state index contributed by atoms with van der Waals surface area (Å²) in [5.74, 6) is 0.631. The van der Waals surface area contributed by atoms with Crippen LogP contribution in [0.5, 0.6) is 0 Å². The fraction of sp³-hybridized carbons (Fsp3) is 0.417. The van der Waals surface area contributed by atoms with Gasteiger partial charge in [-0.15, -0.1) is 0 Å². The van der Waals surface area contributed by atoms with E-state index in [4.69, 9.17) is 11.5 Å². The van der Waals surface area contributed by atoms with E-state index in [-0.39, 0.29) is 0 Å². The van der Waals surface area contributed by atoms with E-state index in [2.05, 4.69) is 11.8 Å². The summed E-state index contributed by atoms with van der Waals surface area (Å²) in [4.78, 5) is 13.6. The van der Waals surface area contributed by atoms with Gasteiger partial charge in [-0.2, -0.15) is 11.8 Å². The van der Waals surface area contributed by atoms with E-state index in [0.717, 1.165) is 24.5 Å². The van der Waals surface area contributed by atoms with Gasteiger partial charge in [0.05, 0.1) is 16.9 Å². The van der Waals surface area contributed by atoms with E-state index < -0.39 is 5.91 Å². The lowest BCUT2D eigenvalue weighted by Gasteiger charge is -2.34. The Labute approximate surface area is 105 Å². The van der Waals surface area contributed by atoms with Crippen LogP contribution in [0.4, 0.5) is 11.4 Å². The third kappa shape index (κ3) is 2.49. The number of carbonyl (C=O) groups excluding carboxylic acids is 1. The zero-order chi connectivity index (χ0) is 12.4. The number of nitrogens with two attached hydrogens (primary N) is 2. The number of benzene rings is 1. The Kier molecular flexibility index (Phi) is 3.47. The minimum Gasteiger partial charge on any atom is -0.397 e. The van der Waals surface area contributed by atoms with E-state index in [1.165, 1.54) is 0 Å². The SMILES string of the molecule is CC1CN(c2c(N)cccc2C(N)=O)CCS1. The summed E-state index contributed by atoms with van der Waals surface area (Å²) in [6.45, 7) is 3.99. The van der Waals surface area contributed by atoms with Gasteiger partial charge in [-0.1, -0.05) is 13.0 Å². The number of primary amides is 1. The van der Waals surface area contributed by atoms with Crippen molar-refractivity contribution < 1.29 is 4.79 Å². The highest BCUT2D eigenvalue weighted by Crippen LogP contribution is 2.31. The van der Waals surface area contributed by atoms with Crippen molar-refractivity contribution in [3.8, 4) is 0 Å². The van der Waals surface area contributed by atoms with Crippen molar-refractivity contribution in [3.63, 3.8) is 0 Å². The van der Waals surface area contributed by atoms with Gasteiger partial charge in [0.25, 0.3) is 5.91 Å². The molecule has 0 saturated carbocycles. The normalized spacial score (nSPS) is 20.3. The Morgan fingerprint density at radius 3 is 2.94 bits per heavy atom. The van der Waals surface area contributed by atoms with Crippen LogP contribution in [-0.2, 0) is 0 Å². The van der Waals surface area contributed by atoms with Crippen molar-refractivity contribution in [1.29, 1.82) is 0 Å². The highest BCUT2D eigenvalue weighted by atomic mass is 32.2. The molecule has 1 aromatic carbocycles. The molecule has 1 atom stereocenters. The highest BCUT2D eigenvalue weighted by Gasteiger charge is 2.22. The molecule has 0 bridgehead atoms. The van der Waals surface area contributed by atoms with Crippen molar-refractivity contribution in [2.45, 2.75) is 12.2 Å². The highest BCUT2D eigenvalue weighted by molar-refractivity contribution is 8.00. The van der Waals surface area contributed by atoms with Crippen molar-refractivity contribution in [2.24, 2.45) is 5.73 Å². The molecule has 92 valence electrons. The molecule has 1 aliphatic rings. The summed E-state index contributed by atoms with van der Waals surface area (Å²) in [7, 11) is 0. The number of hydrogen-bond donors (Lipinski definition) is 2. The lowest BCUT2D eigenvalue weighted by atomic mass is 10.1. The second kappa shape index (κ2) is 4.87. The summed E-state index contributed by atoms with van der Waals surface area (Å²) in [5.41, 5.74) is 13.3. The van der Waals surface area contributed by atoms with Crippen LogP contribution >= 0.6 is 11.8 Å². The van der Waals surface area contributed by atoms with Gasteiger partial charge in [-0.25, -0.2) is 0 Å². The van der Waals surface area contributed by atoms with Crippen LogP contribution in [0, 0.1) is 0 Å². The molecule has 2 rings (SSSR count). The molecule has 0 aromatic heterocycles. The third-order valence-corrected chi connectivity index (χ3v) is 4.03. The van der Waals surface area contributed by atoms with Gasteiger partial charge in [-0.3, -0.25) is 4.79 Å². The fourth-order valence-corrected chi connectivity index (χ4v) is 3.15. The Hall–Kier alpha value is -1.36. The average molecular weight is 251 g/mol. The summed E-state index contributed by atoms with van der Waals surface area (Å²) in [6, 6.07) is 5.32. The van der Waals surface area contributed by atoms with E-state index in [0.29, 0.717) is 16.5 Å². The first-order valence-electron chi connectivity index (χ1n) is 5.64. The topological polar surface area (TPSA) is 72.3 Å². The minimum absolute atomic E-state index is 0.418. The quantitative estimate of drug-likeness (QED) is 0.777. The van der Waals surface area contributed by atoms with Gasteiger partial charge in [0.2, 0.25) is 0 Å². The summed E-state index contributed by atoms with van der Waals surface area (Å²) >= 11 is 1.94. The molecule has 1 aromatic rings. The number of nitrogens with zero attached hydrogens (tertiary/aromatic N) is 1. The Bertz CT molecular complexity index is 436. The van der Waals surface area contributed by atoms with Crippen LogP contribution in [0.3, 0.4) is 0 Å². The van der Waals surface area contributed by atoms with Gasteiger partial charge in [-0.05, 0) is 12.1 Å². The number of hydrogen-bond acceptors (Lipinski definition) is 4. The van der Waals surface area contributed by atoms with E-state index in [9.17, 15) is 4.79 Å². The van der Waals surface area contributed by atoms with Crippen LogP contribution in [0.2, 0.25) is 0 Å². The Morgan fingerprint density at radius 1 is 1.53 bits per heavy atom. The zero-order valence-corrected chi connectivity index (χ0v) is 10.7. The second-order valence-corrected chi connectivity index (χ2v) is 5.78. The molecule has 0 spiro atoms. The van der Waals surface area contributed by atoms with E-state index >= 15 is 0 Å². The number of para-hydroxylation sites is 1. The lowest BCUT2D eigenvalue weighted by molar-refractivity contribution is 0.100. The molecule has 1 amide bonds. The number of anilines is 2. The molecule has 4 nitrogen and oxygen atoms in total. The average Bonchev–Trinajstić information content (AvgIpc) is 2.28. The van der Waals surface area contributed by atoms with E-state index in [1.807, 2.05) is 17.8 Å². The molecule has 4 N–H and O–H groups in total. The van der Waals surface area contributed by atoms with Crippen LogP contribution in [-0.4, -0.2) is 30.0 Å². The van der Waals surface area contributed by atoms with Crippen molar-refractivity contribution >= 4 is 29.0 Å². The van der Waals surface area contributed by atoms with Gasteiger partial charge in [0, 0.05) is 24.1 Å². The first-order valence-corrected chi connectivity index (χ1v) is 6.69. The van der Waals surface area contributed by atoms with Gasteiger partial charge in [0.15, 0.2) is 0 Å². The predicted octanol–water partition coefficient (Wildman–Crippen LogP) is 1.31. The van der Waals surface area contributed by atoms with Crippen LogP contribution in [0.1, 0.15) is 17.3 Å². The van der Waals surface area contributed by atoms with Crippen LogP contribution in [0.25, 0.3) is 0 Å². The smallest absolute Gasteiger partial charge is 0.250 e. The van der Waals surface area contributed by atoms with Crippen LogP contribution in [0.15, 0.2) is 18.2 Å². The minimum atomic E-state index is -0.418. The van der Waals surface area contributed by atoms with Crippen LogP contribution < -0.4 is 16.4 Å². The lowest BCUT2D eigenvalue weighted by Crippen LogP contribution is -2.38. The molecule has 0 radical (unpaired) electrons. The maximum Gasteiger partial charge on any atom is 0.250 e. The summed E-state index contributed by atoms with van der Waals surface area (Å²) < 4.78 is 0. The number of amides is 1. The first-order chi connectivity index (χ1) is 8.09. The molecule has 1 fully saturated rings. The molecule has 1 heterocycles. The Morgan fingerprint density at radius 2 is 2.29 bits per heavy atom. The largest absolute Gasteiger partial charge is 0.397 e. The molecule has 1 aliphatic heterocycles.